The predicted molar refractivity (Wildman–Crippen MR) is 88.0 cm³/mol. The third-order valence-corrected chi connectivity index (χ3v) is 4.15. The molecule has 1 fully saturated rings. The molecule has 0 aliphatic carbocycles. The Labute approximate surface area is 128 Å². The third kappa shape index (κ3) is 3.97. The van der Waals surface area contributed by atoms with Crippen LogP contribution in [0, 0.1) is 6.92 Å². The highest BCUT2D eigenvalue weighted by Crippen LogP contribution is 2.18. The lowest BCUT2D eigenvalue weighted by molar-refractivity contribution is 0.0643. The lowest BCUT2D eigenvalue weighted by Crippen LogP contribution is -2.48. The van der Waals surface area contributed by atoms with Gasteiger partial charge in [0.15, 0.2) is 0 Å². The van der Waals surface area contributed by atoms with Gasteiger partial charge in [-0.1, -0.05) is 13.8 Å². The predicted octanol–water partition coefficient (Wildman–Crippen LogP) is 2.59. The monoisotopic (exact) mass is 289 g/mol. The first kappa shape index (κ1) is 15.8. The fourth-order valence-electron chi connectivity index (χ4n) is 2.70. The van der Waals surface area contributed by atoms with Gasteiger partial charge in [-0.15, -0.1) is 0 Å². The molecule has 0 saturated carbocycles. The van der Waals surface area contributed by atoms with Crippen molar-refractivity contribution >= 4 is 11.6 Å². The van der Waals surface area contributed by atoms with Crippen LogP contribution in [0.1, 0.15) is 36.2 Å². The largest absolute Gasteiger partial charge is 0.385 e. The summed E-state index contributed by atoms with van der Waals surface area (Å²) in [7, 11) is 0. The quantitative estimate of drug-likeness (QED) is 0.905. The van der Waals surface area contributed by atoms with Crippen LogP contribution in [-0.4, -0.2) is 55.0 Å². The first-order valence-corrected chi connectivity index (χ1v) is 8.01. The summed E-state index contributed by atoms with van der Waals surface area (Å²) in [5.41, 5.74) is 3.07. The van der Waals surface area contributed by atoms with Crippen molar-refractivity contribution in [1.29, 1.82) is 0 Å². The SMILES string of the molecule is CCCNc1ccc(C(=O)N2CCN(CC)CC2)cc1C. The number of likely N-dealkylation sites (N-methyl/N-ethyl adjacent to an activating group) is 1. The number of nitrogens with zero attached hydrogens (tertiary/aromatic N) is 2. The second-order valence-corrected chi connectivity index (χ2v) is 5.68. The second kappa shape index (κ2) is 7.46. The van der Waals surface area contributed by atoms with Crippen LogP contribution in [-0.2, 0) is 0 Å². The van der Waals surface area contributed by atoms with E-state index in [1.165, 1.54) is 0 Å². The van der Waals surface area contributed by atoms with Crippen LogP contribution in [0.3, 0.4) is 0 Å². The van der Waals surface area contributed by atoms with Crippen molar-refractivity contribution in [1.82, 2.24) is 9.80 Å². The molecule has 4 nitrogen and oxygen atoms in total. The second-order valence-electron chi connectivity index (χ2n) is 5.68. The van der Waals surface area contributed by atoms with Crippen LogP contribution in [0.5, 0.6) is 0 Å². The maximum absolute atomic E-state index is 12.6. The number of amides is 1. The lowest BCUT2D eigenvalue weighted by atomic mass is 10.1. The lowest BCUT2D eigenvalue weighted by Gasteiger charge is -2.34. The minimum Gasteiger partial charge on any atom is -0.385 e. The number of carbonyl (C=O) groups excluding carboxylic acids is 1. The molecule has 1 aromatic carbocycles. The summed E-state index contributed by atoms with van der Waals surface area (Å²) in [6.07, 6.45) is 1.10. The Morgan fingerprint density at radius 2 is 1.90 bits per heavy atom. The smallest absolute Gasteiger partial charge is 0.253 e. The van der Waals surface area contributed by atoms with Crippen molar-refractivity contribution in [3.63, 3.8) is 0 Å². The molecule has 1 aliphatic heterocycles. The third-order valence-electron chi connectivity index (χ3n) is 4.15. The summed E-state index contributed by atoms with van der Waals surface area (Å²) >= 11 is 0. The van der Waals surface area contributed by atoms with E-state index in [4.69, 9.17) is 0 Å². The molecule has 0 spiro atoms. The molecule has 2 rings (SSSR count). The maximum atomic E-state index is 12.6. The maximum Gasteiger partial charge on any atom is 0.253 e. The molecule has 0 radical (unpaired) electrons. The highest BCUT2D eigenvalue weighted by molar-refractivity contribution is 5.95. The standard InChI is InChI=1S/C17H27N3O/c1-4-8-18-16-7-6-15(13-14(16)3)17(21)20-11-9-19(5-2)10-12-20/h6-7,13,18H,4-5,8-12H2,1-3H3. The first-order valence-electron chi connectivity index (χ1n) is 8.01. The number of rotatable bonds is 5. The van der Waals surface area contributed by atoms with Crippen molar-refractivity contribution in [3.8, 4) is 0 Å². The normalized spacial score (nSPS) is 16.0. The molecule has 1 aliphatic rings. The Morgan fingerprint density at radius 1 is 1.19 bits per heavy atom. The van der Waals surface area contributed by atoms with Gasteiger partial charge in [0.2, 0.25) is 0 Å². The van der Waals surface area contributed by atoms with Crippen LogP contribution in [0.2, 0.25) is 0 Å². The molecular formula is C17H27N3O. The van der Waals surface area contributed by atoms with Gasteiger partial charge in [0.25, 0.3) is 5.91 Å². The van der Waals surface area contributed by atoms with E-state index in [1.54, 1.807) is 0 Å². The molecule has 1 saturated heterocycles. The molecule has 1 amide bonds. The number of anilines is 1. The van der Waals surface area contributed by atoms with Gasteiger partial charge in [-0.05, 0) is 43.7 Å². The topological polar surface area (TPSA) is 35.6 Å². The summed E-state index contributed by atoms with van der Waals surface area (Å²) in [6.45, 7) is 12.0. The van der Waals surface area contributed by atoms with Crippen molar-refractivity contribution in [2.24, 2.45) is 0 Å². The number of nitrogens with one attached hydrogen (secondary N) is 1. The fourth-order valence-corrected chi connectivity index (χ4v) is 2.70. The van der Waals surface area contributed by atoms with E-state index in [0.717, 1.165) is 62.5 Å². The molecule has 1 N–H and O–H groups in total. The number of carbonyl (C=O) groups is 1. The zero-order valence-corrected chi connectivity index (χ0v) is 13.5. The van der Waals surface area contributed by atoms with Crippen LogP contribution in [0.25, 0.3) is 0 Å². The Morgan fingerprint density at radius 3 is 2.48 bits per heavy atom. The highest BCUT2D eigenvalue weighted by atomic mass is 16.2. The van der Waals surface area contributed by atoms with Crippen LogP contribution in [0.4, 0.5) is 5.69 Å². The summed E-state index contributed by atoms with van der Waals surface area (Å²) in [4.78, 5) is 16.9. The molecule has 21 heavy (non-hydrogen) atoms. The fraction of sp³-hybridized carbons (Fsp3) is 0.588. The number of hydrogen-bond acceptors (Lipinski definition) is 3. The van der Waals surface area contributed by atoms with Crippen molar-refractivity contribution in [2.45, 2.75) is 27.2 Å². The van der Waals surface area contributed by atoms with Gasteiger partial charge in [0.05, 0.1) is 0 Å². The summed E-state index contributed by atoms with van der Waals surface area (Å²) in [5.74, 6) is 0.163. The van der Waals surface area contributed by atoms with E-state index in [2.05, 4.69) is 31.0 Å². The van der Waals surface area contributed by atoms with Gasteiger partial charge < -0.3 is 15.1 Å². The van der Waals surface area contributed by atoms with Crippen molar-refractivity contribution < 1.29 is 4.79 Å². The Balaban J connectivity index is 2.01. The zero-order valence-electron chi connectivity index (χ0n) is 13.5. The van der Waals surface area contributed by atoms with Gasteiger partial charge in [-0.2, -0.15) is 0 Å². The highest BCUT2D eigenvalue weighted by Gasteiger charge is 2.21. The molecule has 0 atom stereocenters. The van der Waals surface area contributed by atoms with Gasteiger partial charge in [-0.3, -0.25) is 4.79 Å². The molecule has 0 aromatic heterocycles. The molecular weight excluding hydrogens is 262 g/mol. The Hall–Kier alpha value is -1.55. The van der Waals surface area contributed by atoms with Crippen LogP contribution >= 0.6 is 0 Å². The minimum absolute atomic E-state index is 0.163. The van der Waals surface area contributed by atoms with Crippen molar-refractivity contribution in [3.05, 3.63) is 29.3 Å². The number of aryl methyl sites for hydroxylation is 1. The minimum atomic E-state index is 0.163. The molecule has 1 aromatic rings. The number of hydrogen-bond donors (Lipinski definition) is 1. The van der Waals surface area contributed by atoms with Gasteiger partial charge in [0, 0.05) is 44.0 Å². The number of piperazine rings is 1. The summed E-state index contributed by atoms with van der Waals surface area (Å²) < 4.78 is 0. The van der Waals surface area contributed by atoms with E-state index < -0.39 is 0 Å². The Kier molecular flexibility index (Phi) is 5.62. The van der Waals surface area contributed by atoms with E-state index in [0.29, 0.717) is 0 Å². The zero-order chi connectivity index (χ0) is 15.2. The first-order chi connectivity index (χ1) is 10.2. The van der Waals surface area contributed by atoms with Crippen LogP contribution < -0.4 is 5.32 Å². The molecule has 4 heteroatoms. The number of benzene rings is 1. The van der Waals surface area contributed by atoms with E-state index in [1.807, 2.05) is 23.1 Å². The van der Waals surface area contributed by atoms with E-state index in [-0.39, 0.29) is 5.91 Å². The summed E-state index contributed by atoms with van der Waals surface area (Å²) in [6, 6.07) is 5.98. The summed E-state index contributed by atoms with van der Waals surface area (Å²) in [5, 5.41) is 3.39. The van der Waals surface area contributed by atoms with E-state index in [9.17, 15) is 4.79 Å². The van der Waals surface area contributed by atoms with E-state index >= 15 is 0 Å². The average Bonchev–Trinajstić information content (AvgIpc) is 2.53. The van der Waals surface area contributed by atoms with Crippen LogP contribution in [0.15, 0.2) is 18.2 Å². The van der Waals surface area contributed by atoms with Gasteiger partial charge >= 0.3 is 0 Å². The molecule has 116 valence electrons. The molecule has 1 heterocycles. The average molecular weight is 289 g/mol. The van der Waals surface area contributed by atoms with Gasteiger partial charge in [-0.25, -0.2) is 0 Å². The molecule has 0 bridgehead atoms. The van der Waals surface area contributed by atoms with Crippen molar-refractivity contribution in [2.75, 3.05) is 44.6 Å². The Bertz CT molecular complexity index is 479. The molecule has 0 unspecified atom stereocenters. The van der Waals surface area contributed by atoms with Gasteiger partial charge in [0.1, 0.15) is 0 Å².